The van der Waals surface area contributed by atoms with Crippen LogP contribution < -0.4 is 10.1 Å². The first-order chi connectivity index (χ1) is 16.1. The number of methoxy groups -OCH3 is 1. The van der Waals surface area contributed by atoms with E-state index < -0.39 is 11.0 Å². The topological polar surface area (TPSA) is 103 Å². The quantitative estimate of drug-likeness (QED) is 0.146. The van der Waals surface area contributed by atoms with Crippen LogP contribution in [0.1, 0.15) is 5.56 Å². The van der Waals surface area contributed by atoms with Crippen LogP contribution in [0.2, 0.25) is 25.1 Å². The summed E-state index contributed by atoms with van der Waals surface area (Å²) in [6, 6.07) is 10.5. The highest BCUT2D eigenvalue weighted by molar-refractivity contribution is 6.40. The number of nitrogens with zero attached hydrogens (tertiary/aromatic N) is 2. The van der Waals surface area contributed by atoms with Crippen molar-refractivity contribution in [2.75, 3.05) is 12.4 Å². The molecule has 0 saturated heterocycles. The maximum atomic E-state index is 12.4. The summed E-state index contributed by atoms with van der Waals surface area (Å²) in [5.41, 5.74) is 0.182. The van der Waals surface area contributed by atoms with Gasteiger partial charge in [0.05, 0.1) is 37.7 Å². The third kappa shape index (κ3) is 6.02. The number of rotatable bonds is 5. The molecule has 3 aromatic rings. The van der Waals surface area contributed by atoms with Gasteiger partial charge in [-0.3, -0.25) is 10.1 Å². The number of anilines is 1. The number of nitro benzene ring substituents is 1. The van der Waals surface area contributed by atoms with Gasteiger partial charge in [0.15, 0.2) is 5.75 Å². The first-order valence-corrected chi connectivity index (χ1v) is 11.0. The number of halogens is 5. The highest BCUT2D eigenvalue weighted by atomic mass is 35.5. The molecule has 0 heterocycles. The normalized spacial score (nSPS) is 11.2. The fraction of sp³-hybridized carbons (Fsp3) is 0.0476. The van der Waals surface area contributed by atoms with Crippen LogP contribution in [0.3, 0.4) is 0 Å². The van der Waals surface area contributed by atoms with Crippen LogP contribution in [0.4, 0.5) is 16.2 Å². The maximum Gasteiger partial charge on any atom is 0.348 e. The van der Waals surface area contributed by atoms with Gasteiger partial charge in [-0.2, -0.15) is 4.99 Å². The fourth-order valence-electron chi connectivity index (χ4n) is 2.70. The number of nitro groups is 1. The summed E-state index contributed by atoms with van der Waals surface area (Å²) in [5, 5.41) is 13.9. The third-order valence-electron chi connectivity index (χ3n) is 4.16. The smallest absolute Gasteiger partial charge is 0.348 e. The molecule has 1 N–H and O–H groups in total. The van der Waals surface area contributed by atoms with Crippen molar-refractivity contribution in [2.24, 2.45) is 4.99 Å². The Balaban J connectivity index is 1.82. The van der Waals surface area contributed by atoms with Crippen molar-refractivity contribution in [3.8, 4) is 11.5 Å². The summed E-state index contributed by atoms with van der Waals surface area (Å²) in [6.07, 6.45) is 0. The Morgan fingerprint density at radius 3 is 2.09 bits per heavy atom. The van der Waals surface area contributed by atoms with Crippen LogP contribution in [-0.4, -0.2) is 24.0 Å². The zero-order chi connectivity index (χ0) is 25.0. The van der Waals surface area contributed by atoms with Crippen molar-refractivity contribution in [1.29, 1.82) is 0 Å². The van der Waals surface area contributed by atoms with Gasteiger partial charge in [0.1, 0.15) is 10.8 Å². The van der Waals surface area contributed by atoms with E-state index in [-0.39, 0.29) is 59.4 Å². The standard InChI is InChI=1S/C21H12Cl5N3O5/c1-33-20(18-12(22)3-2-4-13(18)23)28-21(30)27-10-7-15(25)19(16(26)8-10)34-11-5-6-17(29(31)32)14(24)9-11/h2-9H,1H3,(H,27,30). The van der Waals surface area contributed by atoms with E-state index in [1.807, 2.05) is 0 Å². The molecule has 8 nitrogen and oxygen atoms in total. The van der Waals surface area contributed by atoms with E-state index in [1.54, 1.807) is 18.2 Å². The Hall–Kier alpha value is -2.75. The predicted octanol–water partition coefficient (Wildman–Crippen LogP) is 8.28. The average Bonchev–Trinajstić information content (AvgIpc) is 2.75. The number of urea groups is 1. The second-order valence-corrected chi connectivity index (χ2v) is 8.43. The molecule has 0 atom stereocenters. The Bertz CT molecular complexity index is 1270. The van der Waals surface area contributed by atoms with Crippen molar-refractivity contribution in [3.63, 3.8) is 0 Å². The second-order valence-electron chi connectivity index (χ2n) is 6.39. The molecule has 0 aliphatic rings. The Labute approximate surface area is 218 Å². The summed E-state index contributed by atoms with van der Waals surface area (Å²) >= 11 is 30.7. The lowest BCUT2D eigenvalue weighted by Crippen LogP contribution is -2.13. The Morgan fingerprint density at radius 2 is 1.56 bits per heavy atom. The molecule has 3 rings (SSSR count). The number of hydrogen-bond acceptors (Lipinski definition) is 5. The van der Waals surface area contributed by atoms with Crippen molar-refractivity contribution < 1.29 is 19.2 Å². The molecular weight excluding hydrogens is 552 g/mol. The summed E-state index contributed by atoms with van der Waals surface area (Å²) < 4.78 is 10.8. The molecule has 176 valence electrons. The minimum atomic E-state index is -0.809. The van der Waals surface area contributed by atoms with Crippen LogP contribution in [-0.2, 0) is 4.74 Å². The van der Waals surface area contributed by atoms with Gasteiger partial charge >= 0.3 is 6.03 Å². The minimum absolute atomic E-state index is 0.0439. The molecule has 0 saturated carbocycles. The lowest BCUT2D eigenvalue weighted by Gasteiger charge is -2.12. The fourth-order valence-corrected chi connectivity index (χ4v) is 4.06. The number of aliphatic imine (C=N–C) groups is 1. The van der Waals surface area contributed by atoms with Gasteiger partial charge in [-0.1, -0.05) is 64.1 Å². The minimum Gasteiger partial charge on any atom is -0.480 e. The van der Waals surface area contributed by atoms with Crippen LogP contribution >= 0.6 is 58.0 Å². The van der Waals surface area contributed by atoms with Crippen LogP contribution in [0.25, 0.3) is 0 Å². The number of hydrogen-bond donors (Lipinski definition) is 1. The van der Waals surface area contributed by atoms with Gasteiger partial charge in [0.25, 0.3) is 5.69 Å². The molecule has 34 heavy (non-hydrogen) atoms. The van der Waals surface area contributed by atoms with E-state index in [0.717, 1.165) is 0 Å². The van der Waals surface area contributed by atoms with Gasteiger partial charge in [0, 0.05) is 17.8 Å². The van der Waals surface area contributed by atoms with E-state index in [1.165, 1.54) is 37.4 Å². The third-order valence-corrected chi connectivity index (χ3v) is 5.65. The molecule has 0 radical (unpaired) electrons. The number of ether oxygens (including phenoxy) is 2. The molecule has 13 heteroatoms. The maximum absolute atomic E-state index is 12.4. The van der Waals surface area contributed by atoms with Crippen molar-refractivity contribution in [2.45, 2.75) is 0 Å². The lowest BCUT2D eigenvalue weighted by atomic mass is 10.2. The van der Waals surface area contributed by atoms with Gasteiger partial charge < -0.3 is 14.8 Å². The number of amides is 2. The summed E-state index contributed by atoms with van der Waals surface area (Å²) in [7, 11) is 1.32. The largest absolute Gasteiger partial charge is 0.480 e. The first kappa shape index (κ1) is 25.9. The molecule has 0 aromatic heterocycles. The molecule has 0 fully saturated rings. The van der Waals surface area contributed by atoms with Gasteiger partial charge in [0.2, 0.25) is 5.90 Å². The molecule has 0 aliphatic carbocycles. The Morgan fingerprint density at radius 1 is 0.941 bits per heavy atom. The van der Waals surface area contributed by atoms with Crippen LogP contribution in [0.15, 0.2) is 53.5 Å². The highest BCUT2D eigenvalue weighted by Crippen LogP contribution is 2.40. The number of carbonyl (C=O) groups is 1. The zero-order valence-electron chi connectivity index (χ0n) is 16.9. The number of benzene rings is 3. The van der Waals surface area contributed by atoms with Crippen LogP contribution in [0.5, 0.6) is 11.5 Å². The van der Waals surface area contributed by atoms with E-state index >= 15 is 0 Å². The van der Waals surface area contributed by atoms with Gasteiger partial charge in [-0.05, 0) is 30.3 Å². The first-order valence-electron chi connectivity index (χ1n) is 9.09. The molecule has 0 aliphatic heterocycles. The molecule has 3 aromatic carbocycles. The molecule has 0 bridgehead atoms. The van der Waals surface area contributed by atoms with E-state index in [9.17, 15) is 14.9 Å². The molecule has 0 unspecified atom stereocenters. The summed E-state index contributed by atoms with van der Waals surface area (Å²) in [4.78, 5) is 26.6. The second kappa shape index (κ2) is 11.1. The van der Waals surface area contributed by atoms with E-state index in [2.05, 4.69) is 10.3 Å². The van der Waals surface area contributed by atoms with E-state index in [4.69, 9.17) is 67.5 Å². The highest BCUT2D eigenvalue weighted by Gasteiger charge is 2.18. The van der Waals surface area contributed by atoms with Crippen molar-refractivity contribution in [1.82, 2.24) is 0 Å². The van der Waals surface area contributed by atoms with Crippen LogP contribution in [0, 0.1) is 10.1 Å². The average molecular weight is 564 g/mol. The summed E-state index contributed by atoms with van der Waals surface area (Å²) in [6.45, 7) is 0. The van der Waals surface area contributed by atoms with Crippen molar-refractivity contribution in [3.05, 3.63) is 89.3 Å². The molecular formula is C21H12Cl5N3O5. The SMILES string of the molecule is COC(=NC(=O)Nc1cc(Cl)c(Oc2ccc([N+](=O)[O-])c(Cl)c2)c(Cl)c1)c1c(Cl)cccc1Cl. The van der Waals surface area contributed by atoms with E-state index in [0.29, 0.717) is 0 Å². The zero-order valence-corrected chi connectivity index (χ0v) is 20.7. The lowest BCUT2D eigenvalue weighted by molar-refractivity contribution is -0.384. The number of nitrogens with one attached hydrogen (secondary N) is 1. The predicted molar refractivity (Wildman–Crippen MR) is 134 cm³/mol. The monoisotopic (exact) mass is 561 g/mol. The van der Waals surface area contributed by atoms with Crippen molar-refractivity contribution >= 4 is 81.3 Å². The molecule has 0 spiro atoms. The Kier molecular flexibility index (Phi) is 8.46. The molecule has 2 amide bonds. The number of carbonyl (C=O) groups excluding carboxylic acids is 1. The summed E-state index contributed by atoms with van der Waals surface area (Å²) in [5.74, 6) is 0.123. The van der Waals surface area contributed by atoms with Gasteiger partial charge in [-0.25, -0.2) is 4.79 Å². The van der Waals surface area contributed by atoms with Gasteiger partial charge in [-0.15, -0.1) is 0 Å².